The second-order valence-electron chi connectivity index (χ2n) is 6.93. The van der Waals surface area contributed by atoms with Crippen LogP contribution in [0.2, 0.25) is 0 Å². The number of carbonyl (C=O) groups is 2. The Kier molecular flexibility index (Phi) is 9.23. The minimum absolute atomic E-state index is 0.0426. The Morgan fingerprint density at radius 1 is 0.758 bits per heavy atom. The lowest BCUT2D eigenvalue weighted by Crippen LogP contribution is -2.16. The van der Waals surface area contributed by atoms with Gasteiger partial charge in [-0.15, -0.1) is 0 Å². The molecular formula is C24H26O8S. The maximum Gasteiger partial charge on any atom is 0.333 e. The maximum atomic E-state index is 13.2. The molecule has 176 valence electrons. The molecule has 2 aromatic carbocycles. The molecule has 0 atom stereocenters. The standard InChI is InChI=1S/C24H26O8S/c1-17(2)23(25)31-15-13-29-20-11-8-12-21(33(27,28)19-9-6-5-7-10-19)22(20)30-14-16-32-24(26)18(3)4/h5-12H,1,3,13-16H2,2,4H3. The number of para-hydroxylation sites is 1. The first kappa shape index (κ1) is 25.7. The minimum atomic E-state index is -3.94. The molecule has 0 unspecified atom stereocenters. The number of esters is 2. The van der Waals surface area contributed by atoms with Gasteiger partial charge >= 0.3 is 11.9 Å². The maximum absolute atomic E-state index is 13.2. The third kappa shape index (κ3) is 7.21. The summed E-state index contributed by atoms with van der Waals surface area (Å²) in [6, 6.07) is 12.3. The summed E-state index contributed by atoms with van der Waals surface area (Å²) in [6.07, 6.45) is 0. The summed E-state index contributed by atoms with van der Waals surface area (Å²) in [5.41, 5.74) is 0.481. The van der Waals surface area contributed by atoms with Crippen molar-refractivity contribution in [3.05, 3.63) is 72.8 Å². The van der Waals surface area contributed by atoms with E-state index in [1.54, 1.807) is 18.2 Å². The molecule has 0 radical (unpaired) electrons. The summed E-state index contributed by atoms with van der Waals surface area (Å²) < 4.78 is 47.8. The summed E-state index contributed by atoms with van der Waals surface area (Å²) in [5.74, 6) is -1.06. The molecule has 0 N–H and O–H groups in total. The average Bonchev–Trinajstić information content (AvgIpc) is 2.79. The van der Waals surface area contributed by atoms with Gasteiger partial charge in [-0.2, -0.15) is 0 Å². The highest BCUT2D eigenvalue weighted by Crippen LogP contribution is 2.37. The van der Waals surface area contributed by atoms with Crippen molar-refractivity contribution in [2.75, 3.05) is 26.4 Å². The number of rotatable bonds is 12. The Bertz CT molecular complexity index is 1120. The molecule has 2 rings (SSSR count). The van der Waals surface area contributed by atoms with Gasteiger partial charge in [0.25, 0.3) is 0 Å². The van der Waals surface area contributed by atoms with Crippen LogP contribution in [-0.4, -0.2) is 46.8 Å². The van der Waals surface area contributed by atoms with Gasteiger partial charge in [-0.05, 0) is 38.1 Å². The molecule has 0 spiro atoms. The zero-order chi connectivity index (χ0) is 24.4. The molecule has 0 amide bonds. The lowest BCUT2D eigenvalue weighted by Gasteiger charge is -2.17. The van der Waals surface area contributed by atoms with Gasteiger partial charge in [-0.3, -0.25) is 0 Å². The van der Waals surface area contributed by atoms with E-state index >= 15 is 0 Å². The van der Waals surface area contributed by atoms with Crippen molar-refractivity contribution in [3.8, 4) is 11.5 Å². The molecule has 0 aliphatic carbocycles. The van der Waals surface area contributed by atoms with Crippen LogP contribution in [0, 0.1) is 0 Å². The predicted octanol–water partition coefficient (Wildman–Crippen LogP) is 3.52. The van der Waals surface area contributed by atoms with Crippen molar-refractivity contribution in [3.63, 3.8) is 0 Å². The first-order chi connectivity index (χ1) is 15.6. The molecule has 0 aromatic heterocycles. The van der Waals surface area contributed by atoms with E-state index in [9.17, 15) is 18.0 Å². The van der Waals surface area contributed by atoms with E-state index in [1.807, 2.05) is 0 Å². The molecule has 0 aliphatic heterocycles. The number of sulfone groups is 1. The Hall–Kier alpha value is -3.59. The van der Waals surface area contributed by atoms with Gasteiger partial charge in [-0.25, -0.2) is 18.0 Å². The van der Waals surface area contributed by atoms with Crippen LogP contribution in [0.3, 0.4) is 0 Å². The topological polar surface area (TPSA) is 105 Å². The van der Waals surface area contributed by atoms with Crippen molar-refractivity contribution < 1.29 is 37.0 Å². The van der Waals surface area contributed by atoms with Crippen molar-refractivity contribution in [1.29, 1.82) is 0 Å². The van der Waals surface area contributed by atoms with Crippen LogP contribution in [-0.2, 0) is 28.9 Å². The van der Waals surface area contributed by atoms with Gasteiger partial charge in [0.2, 0.25) is 9.84 Å². The Labute approximate surface area is 193 Å². The average molecular weight is 475 g/mol. The van der Waals surface area contributed by atoms with Gasteiger partial charge in [0.15, 0.2) is 11.5 Å². The SMILES string of the molecule is C=C(C)C(=O)OCCOc1cccc(S(=O)(=O)c2ccccc2)c1OCCOC(=O)C(=C)C. The van der Waals surface area contributed by atoms with Gasteiger partial charge in [0, 0.05) is 11.1 Å². The van der Waals surface area contributed by atoms with E-state index in [-0.39, 0.29) is 58.9 Å². The number of hydrogen-bond acceptors (Lipinski definition) is 8. The Morgan fingerprint density at radius 3 is 1.85 bits per heavy atom. The lowest BCUT2D eigenvalue weighted by molar-refractivity contribution is -0.140. The van der Waals surface area contributed by atoms with Crippen LogP contribution in [0.4, 0.5) is 0 Å². The summed E-state index contributed by atoms with van der Waals surface area (Å²) in [7, 11) is -3.94. The molecular weight excluding hydrogens is 448 g/mol. The van der Waals surface area contributed by atoms with Gasteiger partial charge in [0.05, 0.1) is 4.90 Å². The van der Waals surface area contributed by atoms with Crippen molar-refractivity contribution in [2.24, 2.45) is 0 Å². The summed E-state index contributed by atoms with van der Waals surface area (Å²) in [6.45, 7) is 9.66. The third-order valence-electron chi connectivity index (χ3n) is 4.12. The largest absolute Gasteiger partial charge is 0.486 e. The molecule has 9 heteroatoms. The highest BCUT2D eigenvalue weighted by Gasteiger charge is 2.25. The molecule has 0 bridgehead atoms. The van der Waals surface area contributed by atoms with Crippen LogP contribution in [0.25, 0.3) is 0 Å². The van der Waals surface area contributed by atoms with Crippen molar-refractivity contribution in [2.45, 2.75) is 23.6 Å². The van der Waals surface area contributed by atoms with Gasteiger partial charge in [-0.1, -0.05) is 37.4 Å². The van der Waals surface area contributed by atoms with Crippen molar-refractivity contribution >= 4 is 21.8 Å². The van der Waals surface area contributed by atoms with Crippen molar-refractivity contribution in [1.82, 2.24) is 0 Å². The number of hydrogen-bond donors (Lipinski definition) is 0. The molecule has 8 nitrogen and oxygen atoms in total. The van der Waals surface area contributed by atoms with E-state index in [1.165, 1.54) is 44.2 Å². The van der Waals surface area contributed by atoms with Crippen LogP contribution < -0.4 is 9.47 Å². The van der Waals surface area contributed by atoms with Gasteiger partial charge in [0.1, 0.15) is 31.3 Å². The first-order valence-electron chi connectivity index (χ1n) is 9.98. The molecule has 0 fully saturated rings. The highest BCUT2D eigenvalue weighted by molar-refractivity contribution is 7.91. The minimum Gasteiger partial charge on any atom is -0.486 e. The quantitative estimate of drug-likeness (QED) is 0.261. The molecule has 0 aliphatic rings. The summed E-state index contributed by atoms with van der Waals surface area (Å²) >= 11 is 0. The van der Waals surface area contributed by atoms with Crippen LogP contribution >= 0.6 is 0 Å². The zero-order valence-corrected chi connectivity index (χ0v) is 19.4. The normalized spacial score (nSPS) is 10.7. The van der Waals surface area contributed by atoms with Crippen LogP contribution in [0.15, 0.2) is 82.6 Å². The smallest absolute Gasteiger partial charge is 0.333 e. The molecule has 33 heavy (non-hydrogen) atoms. The molecule has 0 saturated carbocycles. The van der Waals surface area contributed by atoms with Crippen LogP contribution in [0.5, 0.6) is 11.5 Å². The van der Waals surface area contributed by atoms with E-state index in [0.717, 1.165) is 0 Å². The Morgan fingerprint density at radius 2 is 1.30 bits per heavy atom. The van der Waals surface area contributed by atoms with Crippen LogP contribution in [0.1, 0.15) is 13.8 Å². The third-order valence-corrected chi connectivity index (χ3v) is 5.91. The second kappa shape index (κ2) is 11.9. The number of benzene rings is 2. The Balaban J connectivity index is 2.26. The number of ether oxygens (including phenoxy) is 4. The van der Waals surface area contributed by atoms with E-state index in [0.29, 0.717) is 0 Å². The molecule has 0 saturated heterocycles. The summed E-state index contributed by atoms with van der Waals surface area (Å²) in [5, 5.41) is 0. The number of carbonyl (C=O) groups excluding carboxylic acids is 2. The van der Waals surface area contributed by atoms with Gasteiger partial charge < -0.3 is 18.9 Å². The first-order valence-corrected chi connectivity index (χ1v) is 11.5. The monoisotopic (exact) mass is 474 g/mol. The van der Waals surface area contributed by atoms with E-state index in [2.05, 4.69) is 13.2 Å². The summed E-state index contributed by atoms with van der Waals surface area (Å²) in [4.78, 5) is 23.0. The fourth-order valence-electron chi connectivity index (χ4n) is 2.50. The van der Waals surface area contributed by atoms with E-state index < -0.39 is 21.8 Å². The fraction of sp³-hybridized carbons (Fsp3) is 0.250. The molecule has 2 aromatic rings. The zero-order valence-electron chi connectivity index (χ0n) is 18.5. The van der Waals surface area contributed by atoms with E-state index in [4.69, 9.17) is 18.9 Å². The highest BCUT2D eigenvalue weighted by atomic mass is 32.2. The second-order valence-corrected chi connectivity index (χ2v) is 8.85. The fourth-order valence-corrected chi connectivity index (χ4v) is 3.93. The lowest BCUT2D eigenvalue weighted by atomic mass is 10.3. The predicted molar refractivity (Wildman–Crippen MR) is 121 cm³/mol. The molecule has 0 heterocycles.